The van der Waals surface area contributed by atoms with Gasteiger partial charge in [0.05, 0.1) is 6.10 Å². The highest BCUT2D eigenvalue weighted by Gasteiger charge is 2.18. The van der Waals surface area contributed by atoms with E-state index in [1.54, 1.807) is 25.5 Å². The highest BCUT2D eigenvalue weighted by atomic mass is 16.5. The molecule has 0 aliphatic carbocycles. The second-order valence-corrected chi connectivity index (χ2v) is 7.26. The Morgan fingerprint density at radius 1 is 1.16 bits per heavy atom. The maximum Gasteiger partial charge on any atom is 0.275 e. The first-order valence-corrected chi connectivity index (χ1v) is 10.0. The lowest BCUT2D eigenvalue weighted by Crippen LogP contribution is -2.29. The summed E-state index contributed by atoms with van der Waals surface area (Å²) in [5.41, 5.74) is 1.03. The smallest absolute Gasteiger partial charge is 0.275 e. The van der Waals surface area contributed by atoms with Crippen molar-refractivity contribution >= 4 is 16.7 Å². The molecule has 0 aliphatic heterocycles. The van der Waals surface area contributed by atoms with Crippen LogP contribution >= 0.6 is 0 Å². The molecule has 0 spiro atoms. The Labute approximate surface area is 179 Å². The maximum atomic E-state index is 12.6. The zero-order valence-electron chi connectivity index (χ0n) is 17.1. The van der Waals surface area contributed by atoms with E-state index in [4.69, 9.17) is 9.26 Å². The summed E-state index contributed by atoms with van der Waals surface area (Å²) >= 11 is 0. The zero-order valence-corrected chi connectivity index (χ0v) is 17.1. The molecule has 0 fully saturated rings. The van der Waals surface area contributed by atoms with E-state index in [9.17, 15) is 9.90 Å². The second kappa shape index (κ2) is 9.40. The number of carbonyl (C=O) groups is 1. The van der Waals surface area contributed by atoms with Gasteiger partial charge < -0.3 is 19.3 Å². The molecule has 31 heavy (non-hydrogen) atoms. The number of benzene rings is 2. The predicted octanol–water partition coefficient (Wildman–Crippen LogP) is 4.00. The van der Waals surface area contributed by atoms with Crippen molar-refractivity contribution in [2.45, 2.75) is 19.1 Å². The van der Waals surface area contributed by atoms with E-state index in [-0.39, 0.29) is 18.2 Å². The number of aliphatic hydroxyl groups excluding tert-OH is 1. The van der Waals surface area contributed by atoms with Crippen LogP contribution in [0, 0.1) is 0 Å². The number of rotatable bonds is 8. The number of amides is 1. The van der Waals surface area contributed by atoms with Crippen molar-refractivity contribution in [2.24, 2.45) is 0 Å². The molecular formula is C24H23N3O4. The van der Waals surface area contributed by atoms with Crippen LogP contribution in [-0.2, 0) is 6.61 Å². The summed E-state index contributed by atoms with van der Waals surface area (Å²) in [6.45, 7) is 0.537. The van der Waals surface area contributed by atoms with Crippen LogP contribution in [0.1, 0.15) is 34.3 Å². The molecule has 0 aliphatic rings. The molecule has 2 aromatic carbocycles. The average molecular weight is 417 g/mol. The summed E-state index contributed by atoms with van der Waals surface area (Å²) in [4.78, 5) is 18.3. The molecule has 0 bridgehead atoms. The Morgan fingerprint density at radius 3 is 2.84 bits per heavy atom. The fraction of sp³-hybridized carbons (Fsp3) is 0.208. The molecule has 2 heterocycles. The molecule has 7 heteroatoms. The summed E-state index contributed by atoms with van der Waals surface area (Å²) in [5, 5.41) is 16.1. The minimum absolute atomic E-state index is 0.151. The van der Waals surface area contributed by atoms with Crippen molar-refractivity contribution in [3.05, 3.63) is 90.1 Å². The number of pyridine rings is 1. The molecule has 4 aromatic rings. The summed E-state index contributed by atoms with van der Waals surface area (Å²) < 4.78 is 11.1. The fourth-order valence-corrected chi connectivity index (χ4v) is 3.30. The summed E-state index contributed by atoms with van der Waals surface area (Å²) in [6, 6.07) is 18.6. The van der Waals surface area contributed by atoms with Crippen LogP contribution in [-0.4, -0.2) is 39.6 Å². The topological polar surface area (TPSA) is 88.7 Å². The average Bonchev–Trinajstić information content (AvgIpc) is 3.30. The van der Waals surface area contributed by atoms with Gasteiger partial charge in [0.15, 0.2) is 11.5 Å². The molecule has 0 saturated heterocycles. The zero-order chi connectivity index (χ0) is 21.6. The first kappa shape index (κ1) is 20.6. The van der Waals surface area contributed by atoms with Gasteiger partial charge >= 0.3 is 0 Å². The molecule has 1 N–H and O–H groups in total. The van der Waals surface area contributed by atoms with Crippen LogP contribution in [0.2, 0.25) is 0 Å². The summed E-state index contributed by atoms with van der Waals surface area (Å²) in [5.74, 6) is 0.884. The van der Waals surface area contributed by atoms with Crippen molar-refractivity contribution in [3.63, 3.8) is 0 Å². The van der Waals surface area contributed by atoms with E-state index in [1.165, 1.54) is 4.90 Å². The minimum atomic E-state index is -0.631. The molecule has 4 rings (SSSR count). The number of ether oxygens (including phenoxy) is 1. The van der Waals surface area contributed by atoms with Gasteiger partial charge in [-0.15, -0.1) is 0 Å². The molecule has 1 amide bonds. The Kier molecular flexibility index (Phi) is 6.24. The number of aromatic nitrogens is 2. The van der Waals surface area contributed by atoms with Gasteiger partial charge in [-0.05, 0) is 24.1 Å². The lowest BCUT2D eigenvalue weighted by molar-refractivity contribution is 0.0751. The van der Waals surface area contributed by atoms with Gasteiger partial charge in [0.2, 0.25) is 0 Å². The van der Waals surface area contributed by atoms with Crippen molar-refractivity contribution in [1.29, 1.82) is 0 Å². The number of aliphatic hydroxyl groups is 1. The van der Waals surface area contributed by atoms with Gasteiger partial charge in [0.1, 0.15) is 12.4 Å². The summed E-state index contributed by atoms with van der Waals surface area (Å²) in [6.07, 6.45) is 3.28. The first-order chi connectivity index (χ1) is 15.1. The SMILES string of the molecule is CN(CC[C@H](O)c1ccccc1)C(=O)c1cc(COc2cccc3cnccc23)on1. The standard InChI is InChI=1S/C24H23N3O4/c1-27(13-11-22(28)17-6-3-2-4-7-17)24(29)21-14-19(31-26-21)16-30-23-9-5-8-18-15-25-12-10-20(18)23/h2-10,12,14-15,22,28H,11,13,16H2,1H3/t22-/m0/s1. The van der Waals surface area contributed by atoms with Gasteiger partial charge in [-0.2, -0.15) is 0 Å². The van der Waals surface area contributed by atoms with E-state index in [0.29, 0.717) is 24.5 Å². The minimum Gasteiger partial charge on any atom is -0.485 e. The molecule has 7 nitrogen and oxygen atoms in total. The van der Waals surface area contributed by atoms with E-state index < -0.39 is 6.10 Å². The van der Waals surface area contributed by atoms with E-state index >= 15 is 0 Å². The number of carbonyl (C=O) groups excluding carboxylic acids is 1. The van der Waals surface area contributed by atoms with Gasteiger partial charge in [-0.3, -0.25) is 9.78 Å². The van der Waals surface area contributed by atoms with Crippen LogP contribution in [0.4, 0.5) is 0 Å². The second-order valence-electron chi connectivity index (χ2n) is 7.26. The lowest BCUT2D eigenvalue weighted by Gasteiger charge is -2.18. The first-order valence-electron chi connectivity index (χ1n) is 10.0. The predicted molar refractivity (Wildman–Crippen MR) is 116 cm³/mol. The summed E-state index contributed by atoms with van der Waals surface area (Å²) in [7, 11) is 1.68. The van der Waals surface area contributed by atoms with Gasteiger partial charge in [-0.25, -0.2) is 0 Å². The molecule has 1 atom stereocenters. The van der Waals surface area contributed by atoms with Gasteiger partial charge in [0.25, 0.3) is 5.91 Å². The quantitative estimate of drug-likeness (QED) is 0.466. The van der Waals surface area contributed by atoms with Crippen LogP contribution in [0.5, 0.6) is 5.75 Å². The number of nitrogens with zero attached hydrogens (tertiary/aromatic N) is 3. The van der Waals surface area contributed by atoms with Crippen LogP contribution in [0.15, 0.2) is 77.6 Å². The highest BCUT2D eigenvalue weighted by Crippen LogP contribution is 2.25. The Balaban J connectivity index is 1.34. The third kappa shape index (κ3) is 4.90. The number of hydrogen-bond donors (Lipinski definition) is 1. The van der Waals surface area contributed by atoms with Crippen molar-refractivity contribution in [3.8, 4) is 5.75 Å². The van der Waals surface area contributed by atoms with Crippen molar-refractivity contribution < 1.29 is 19.2 Å². The van der Waals surface area contributed by atoms with Crippen molar-refractivity contribution in [1.82, 2.24) is 15.0 Å². The fourth-order valence-electron chi connectivity index (χ4n) is 3.30. The van der Waals surface area contributed by atoms with Crippen LogP contribution < -0.4 is 4.74 Å². The number of fused-ring (bicyclic) bond motifs is 1. The molecule has 2 aromatic heterocycles. The monoisotopic (exact) mass is 417 g/mol. The normalized spacial score (nSPS) is 11.9. The lowest BCUT2D eigenvalue weighted by atomic mass is 10.1. The van der Waals surface area contributed by atoms with Gasteiger partial charge in [0, 0.05) is 42.8 Å². The molecule has 0 radical (unpaired) electrons. The van der Waals surface area contributed by atoms with Crippen molar-refractivity contribution in [2.75, 3.05) is 13.6 Å². The maximum absolute atomic E-state index is 12.6. The van der Waals surface area contributed by atoms with Gasteiger partial charge in [-0.1, -0.05) is 47.6 Å². The van der Waals surface area contributed by atoms with Crippen LogP contribution in [0.3, 0.4) is 0 Å². The number of hydrogen-bond acceptors (Lipinski definition) is 6. The third-order valence-corrected chi connectivity index (χ3v) is 5.06. The Morgan fingerprint density at radius 2 is 2.00 bits per heavy atom. The van der Waals surface area contributed by atoms with E-state index in [0.717, 1.165) is 16.3 Å². The molecule has 158 valence electrons. The van der Waals surface area contributed by atoms with E-state index in [2.05, 4.69) is 10.1 Å². The van der Waals surface area contributed by atoms with E-state index in [1.807, 2.05) is 54.6 Å². The Bertz CT molecular complexity index is 1150. The molecule has 0 unspecified atom stereocenters. The van der Waals surface area contributed by atoms with Crippen LogP contribution in [0.25, 0.3) is 10.8 Å². The Hall–Kier alpha value is -3.71. The largest absolute Gasteiger partial charge is 0.485 e. The molecule has 0 saturated carbocycles. The third-order valence-electron chi connectivity index (χ3n) is 5.06. The highest BCUT2D eigenvalue weighted by molar-refractivity contribution is 5.92. The molecular weight excluding hydrogens is 394 g/mol.